The van der Waals surface area contributed by atoms with E-state index in [4.69, 9.17) is 0 Å². The van der Waals surface area contributed by atoms with Gasteiger partial charge >= 0.3 is 0 Å². The minimum atomic E-state index is 0.686. The molecular weight excluding hydrogens is 232 g/mol. The van der Waals surface area contributed by atoms with E-state index >= 15 is 0 Å². The minimum absolute atomic E-state index is 0.686. The topological polar surface area (TPSA) is 15.3 Å². The van der Waals surface area contributed by atoms with Gasteiger partial charge < -0.3 is 5.32 Å². The Hall–Kier alpha value is -0.860. The van der Waals surface area contributed by atoms with Crippen LogP contribution in [-0.4, -0.2) is 36.6 Å². The third-order valence-corrected chi connectivity index (χ3v) is 4.24. The van der Waals surface area contributed by atoms with Crippen molar-refractivity contribution in [2.45, 2.75) is 51.6 Å². The quantitative estimate of drug-likeness (QED) is 0.875. The van der Waals surface area contributed by atoms with E-state index in [2.05, 4.69) is 54.4 Å². The van der Waals surface area contributed by atoms with E-state index in [0.717, 1.165) is 0 Å². The van der Waals surface area contributed by atoms with Crippen molar-refractivity contribution in [1.29, 1.82) is 0 Å². The molecule has 1 aliphatic heterocycles. The number of nitrogens with one attached hydrogen (secondary N) is 1. The Morgan fingerprint density at radius 3 is 2.79 bits per heavy atom. The van der Waals surface area contributed by atoms with Gasteiger partial charge in [-0.05, 0) is 38.3 Å². The van der Waals surface area contributed by atoms with E-state index in [1.807, 2.05) is 0 Å². The Morgan fingerprint density at radius 1 is 1.26 bits per heavy atom. The van der Waals surface area contributed by atoms with Crippen molar-refractivity contribution in [2.75, 3.05) is 19.6 Å². The fraction of sp³-hybridized carbons (Fsp3) is 0.647. The Balaban J connectivity index is 1.88. The molecule has 1 saturated heterocycles. The number of hydrogen-bond acceptors (Lipinski definition) is 2. The highest BCUT2D eigenvalue weighted by molar-refractivity contribution is 5.14. The molecule has 1 fully saturated rings. The zero-order chi connectivity index (χ0) is 13.5. The van der Waals surface area contributed by atoms with Crippen molar-refractivity contribution < 1.29 is 0 Å². The number of rotatable bonds is 5. The lowest BCUT2D eigenvalue weighted by molar-refractivity contribution is 0.204. The van der Waals surface area contributed by atoms with Gasteiger partial charge in [-0.3, -0.25) is 4.90 Å². The molecule has 0 radical (unpaired) electrons. The monoisotopic (exact) mass is 260 g/mol. The standard InChI is InChI=1S/C17H28N2/c1-3-7-17-14-19(15(2)10-12-18-17)13-11-16-8-5-4-6-9-16/h4-6,8-9,15,17-18H,3,7,10-14H2,1-2H3. The van der Waals surface area contributed by atoms with Crippen molar-refractivity contribution in [3.05, 3.63) is 35.9 Å². The smallest absolute Gasteiger partial charge is 0.0195 e. The molecule has 19 heavy (non-hydrogen) atoms. The molecule has 0 aromatic heterocycles. The second kappa shape index (κ2) is 7.66. The first-order chi connectivity index (χ1) is 9.29. The summed E-state index contributed by atoms with van der Waals surface area (Å²) in [4.78, 5) is 2.67. The number of benzene rings is 1. The maximum absolute atomic E-state index is 3.70. The van der Waals surface area contributed by atoms with Gasteiger partial charge in [-0.1, -0.05) is 43.7 Å². The average molecular weight is 260 g/mol. The summed E-state index contributed by atoms with van der Waals surface area (Å²) in [6.45, 7) is 8.23. The highest BCUT2D eigenvalue weighted by Crippen LogP contribution is 2.13. The van der Waals surface area contributed by atoms with Crippen molar-refractivity contribution in [3.63, 3.8) is 0 Å². The molecule has 0 spiro atoms. The van der Waals surface area contributed by atoms with Gasteiger partial charge in [0, 0.05) is 25.2 Å². The molecule has 2 unspecified atom stereocenters. The van der Waals surface area contributed by atoms with E-state index < -0.39 is 0 Å². The van der Waals surface area contributed by atoms with Crippen LogP contribution < -0.4 is 5.32 Å². The van der Waals surface area contributed by atoms with Gasteiger partial charge in [0.15, 0.2) is 0 Å². The molecule has 2 heteroatoms. The summed E-state index contributed by atoms with van der Waals surface area (Å²) in [7, 11) is 0. The van der Waals surface area contributed by atoms with Gasteiger partial charge in [0.2, 0.25) is 0 Å². The van der Waals surface area contributed by atoms with Crippen LogP contribution in [-0.2, 0) is 6.42 Å². The molecule has 0 bridgehead atoms. The fourth-order valence-corrected chi connectivity index (χ4v) is 2.98. The predicted octanol–water partition coefficient (Wildman–Crippen LogP) is 3.08. The summed E-state index contributed by atoms with van der Waals surface area (Å²) in [5, 5.41) is 3.70. The lowest BCUT2D eigenvalue weighted by Gasteiger charge is -2.29. The molecule has 1 heterocycles. The highest BCUT2D eigenvalue weighted by atomic mass is 15.2. The SMILES string of the molecule is CCCC1CN(CCc2ccccc2)C(C)CCN1. The van der Waals surface area contributed by atoms with Crippen LogP contribution in [0.25, 0.3) is 0 Å². The van der Waals surface area contributed by atoms with Gasteiger partial charge in [-0.15, -0.1) is 0 Å². The molecule has 0 amide bonds. The maximum atomic E-state index is 3.70. The molecule has 1 aliphatic rings. The van der Waals surface area contributed by atoms with Crippen molar-refractivity contribution in [2.24, 2.45) is 0 Å². The van der Waals surface area contributed by atoms with Crippen LogP contribution in [0.4, 0.5) is 0 Å². The van der Waals surface area contributed by atoms with Crippen LogP contribution in [0, 0.1) is 0 Å². The molecule has 2 nitrogen and oxygen atoms in total. The van der Waals surface area contributed by atoms with Gasteiger partial charge in [-0.2, -0.15) is 0 Å². The second-order valence-corrected chi connectivity index (χ2v) is 5.81. The molecule has 0 aliphatic carbocycles. The van der Waals surface area contributed by atoms with E-state index in [-0.39, 0.29) is 0 Å². The first-order valence-corrected chi connectivity index (χ1v) is 7.81. The van der Waals surface area contributed by atoms with Crippen molar-refractivity contribution >= 4 is 0 Å². The lowest BCUT2D eigenvalue weighted by atomic mass is 10.1. The van der Waals surface area contributed by atoms with Crippen molar-refractivity contribution in [3.8, 4) is 0 Å². The molecule has 0 saturated carbocycles. The summed E-state index contributed by atoms with van der Waals surface area (Å²) < 4.78 is 0. The van der Waals surface area contributed by atoms with Gasteiger partial charge in [0.1, 0.15) is 0 Å². The Morgan fingerprint density at radius 2 is 2.05 bits per heavy atom. The van der Waals surface area contributed by atoms with E-state index in [9.17, 15) is 0 Å². The molecule has 1 aromatic carbocycles. The summed E-state index contributed by atoms with van der Waals surface area (Å²) in [5.41, 5.74) is 1.46. The molecule has 2 atom stereocenters. The summed E-state index contributed by atoms with van der Waals surface area (Å²) >= 11 is 0. The molecular formula is C17H28N2. The second-order valence-electron chi connectivity index (χ2n) is 5.81. The largest absolute Gasteiger partial charge is 0.313 e. The van der Waals surface area contributed by atoms with Crippen LogP contribution in [0.2, 0.25) is 0 Å². The lowest BCUT2D eigenvalue weighted by Crippen LogP contribution is -2.41. The van der Waals surface area contributed by atoms with E-state index in [1.165, 1.54) is 50.9 Å². The Bertz CT molecular complexity index is 350. The predicted molar refractivity (Wildman–Crippen MR) is 82.5 cm³/mol. The van der Waals surface area contributed by atoms with Crippen LogP contribution in [0.15, 0.2) is 30.3 Å². The highest BCUT2D eigenvalue weighted by Gasteiger charge is 2.21. The molecule has 106 valence electrons. The van der Waals surface area contributed by atoms with Gasteiger partial charge in [0.05, 0.1) is 0 Å². The van der Waals surface area contributed by atoms with Gasteiger partial charge in [-0.25, -0.2) is 0 Å². The zero-order valence-corrected chi connectivity index (χ0v) is 12.4. The van der Waals surface area contributed by atoms with Crippen LogP contribution in [0.1, 0.15) is 38.7 Å². The minimum Gasteiger partial charge on any atom is -0.313 e. The van der Waals surface area contributed by atoms with Crippen LogP contribution in [0.5, 0.6) is 0 Å². The average Bonchev–Trinajstić information content (AvgIpc) is 2.60. The Labute approximate surface area is 118 Å². The molecule has 1 N–H and O–H groups in total. The molecule has 1 aromatic rings. The molecule has 2 rings (SSSR count). The summed E-state index contributed by atoms with van der Waals surface area (Å²) in [6, 6.07) is 12.3. The summed E-state index contributed by atoms with van der Waals surface area (Å²) in [6.07, 6.45) is 5.02. The van der Waals surface area contributed by atoms with Gasteiger partial charge in [0.25, 0.3) is 0 Å². The van der Waals surface area contributed by atoms with Crippen molar-refractivity contribution in [1.82, 2.24) is 10.2 Å². The van der Waals surface area contributed by atoms with Crippen LogP contribution >= 0.6 is 0 Å². The normalized spacial score (nSPS) is 25.2. The third kappa shape index (κ3) is 4.63. The van der Waals surface area contributed by atoms with E-state index in [1.54, 1.807) is 0 Å². The first-order valence-electron chi connectivity index (χ1n) is 7.81. The number of hydrogen-bond donors (Lipinski definition) is 1. The van der Waals surface area contributed by atoms with E-state index in [0.29, 0.717) is 12.1 Å². The maximum Gasteiger partial charge on any atom is 0.0195 e. The van der Waals surface area contributed by atoms with Crippen LogP contribution in [0.3, 0.4) is 0 Å². The fourth-order valence-electron chi connectivity index (χ4n) is 2.98. The third-order valence-electron chi connectivity index (χ3n) is 4.24. The zero-order valence-electron chi connectivity index (χ0n) is 12.4. The number of nitrogens with zero attached hydrogens (tertiary/aromatic N) is 1. The summed E-state index contributed by atoms with van der Waals surface area (Å²) in [5.74, 6) is 0. The first kappa shape index (κ1) is 14.5. The Kier molecular flexibility index (Phi) is 5.87.